The summed E-state index contributed by atoms with van der Waals surface area (Å²) in [5.74, 6) is 0.00949. The van der Waals surface area contributed by atoms with Crippen LogP contribution in [0.5, 0.6) is 0 Å². The summed E-state index contributed by atoms with van der Waals surface area (Å²) in [4.78, 5) is 37.2. The van der Waals surface area contributed by atoms with Crippen molar-refractivity contribution in [1.82, 2.24) is 39.7 Å². The number of hydrogen-bond acceptors (Lipinski definition) is 7. The molecule has 0 aliphatic carbocycles. The third-order valence-corrected chi connectivity index (χ3v) is 6.91. The second-order valence-electron chi connectivity index (χ2n) is 9.24. The van der Waals surface area contributed by atoms with Crippen LogP contribution in [0.1, 0.15) is 22.5 Å². The van der Waals surface area contributed by atoms with E-state index < -0.39 is 11.9 Å². The number of alkyl halides is 3. The van der Waals surface area contributed by atoms with Crippen LogP contribution in [-0.2, 0) is 6.18 Å². The second-order valence-corrected chi connectivity index (χ2v) is 9.65. The zero-order valence-electron chi connectivity index (χ0n) is 21.6. The molecule has 1 aliphatic rings. The number of halogens is 4. The third-order valence-electron chi connectivity index (χ3n) is 6.60. The number of hydrogen-bond donors (Lipinski definition) is 4. The van der Waals surface area contributed by atoms with Gasteiger partial charge in [-0.25, -0.2) is 14.8 Å². The largest absolute Gasteiger partial charge is 0.433 e. The molecule has 1 saturated heterocycles. The van der Waals surface area contributed by atoms with Crippen LogP contribution in [-0.4, -0.2) is 85.6 Å². The number of nitrogens with two attached hydrogens (primary N) is 1. The van der Waals surface area contributed by atoms with E-state index in [1.807, 2.05) is 5.10 Å². The molecule has 0 unspecified atom stereocenters. The molecule has 16 heteroatoms. The number of aromatic nitrogens is 5. The van der Waals surface area contributed by atoms with E-state index in [0.29, 0.717) is 56.9 Å². The van der Waals surface area contributed by atoms with Crippen LogP contribution in [0.4, 0.5) is 29.5 Å². The first kappa shape index (κ1) is 28.2. The van der Waals surface area contributed by atoms with E-state index in [1.165, 1.54) is 23.0 Å². The van der Waals surface area contributed by atoms with E-state index >= 15 is 0 Å². The highest BCUT2D eigenvalue weighted by Crippen LogP contribution is 2.36. The van der Waals surface area contributed by atoms with Crippen molar-refractivity contribution in [1.29, 1.82) is 0 Å². The molecule has 41 heavy (non-hydrogen) atoms. The lowest BCUT2D eigenvalue weighted by molar-refractivity contribution is -0.140. The van der Waals surface area contributed by atoms with Crippen molar-refractivity contribution in [2.24, 2.45) is 5.73 Å². The number of piperazine rings is 1. The monoisotopic (exact) mass is 590 g/mol. The van der Waals surface area contributed by atoms with Gasteiger partial charge in [0.05, 0.1) is 34.2 Å². The number of carbonyl (C=O) groups is 2. The average molecular weight is 591 g/mol. The van der Waals surface area contributed by atoms with Crippen LogP contribution in [0.25, 0.3) is 16.9 Å². The molecule has 3 amide bonds. The Balaban J connectivity index is 1.28. The van der Waals surface area contributed by atoms with E-state index in [9.17, 15) is 22.8 Å². The number of carbonyl (C=O) groups excluding carboxylic acids is 2. The molecule has 1 aliphatic heterocycles. The number of urea groups is 1. The Labute approximate surface area is 236 Å². The number of fused-ring (bicyclic) bond motifs is 1. The Morgan fingerprint density at radius 2 is 1.85 bits per heavy atom. The van der Waals surface area contributed by atoms with Gasteiger partial charge in [-0.05, 0) is 31.2 Å². The van der Waals surface area contributed by atoms with Crippen LogP contribution in [0.3, 0.4) is 0 Å². The van der Waals surface area contributed by atoms with Gasteiger partial charge in [-0.1, -0.05) is 11.6 Å². The summed E-state index contributed by atoms with van der Waals surface area (Å²) in [6.45, 7) is 2.50. The summed E-state index contributed by atoms with van der Waals surface area (Å²) in [6.07, 6.45) is 1.39. The molecule has 3 aromatic heterocycles. The lowest BCUT2D eigenvalue weighted by atomic mass is 10.1. The number of H-pyrrole nitrogens is 1. The Hall–Kier alpha value is -4.37. The first-order valence-electron chi connectivity index (χ1n) is 12.7. The van der Waals surface area contributed by atoms with Crippen molar-refractivity contribution in [2.45, 2.75) is 12.6 Å². The highest BCUT2D eigenvalue weighted by Gasteiger charge is 2.36. The quantitative estimate of drug-likeness (QED) is 0.241. The minimum absolute atomic E-state index is 0.152. The molecule has 0 atom stereocenters. The first-order valence-corrected chi connectivity index (χ1v) is 13.1. The van der Waals surface area contributed by atoms with Gasteiger partial charge in [0.15, 0.2) is 11.5 Å². The molecule has 12 nitrogen and oxygen atoms in total. The lowest BCUT2D eigenvalue weighted by Crippen LogP contribution is -2.53. The molecule has 0 spiro atoms. The predicted molar refractivity (Wildman–Crippen MR) is 145 cm³/mol. The summed E-state index contributed by atoms with van der Waals surface area (Å²) < 4.78 is 41.7. The first-order chi connectivity index (χ1) is 19.7. The summed E-state index contributed by atoms with van der Waals surface area (Å²) in [5, 5.41) is 11.6. The van der Waals surface area contributed by atoms with Crippen LogP contribution < -0.4 is 16.4 Å². The molecular weight excluding hydrogens is 565 g/mol. The van der Waals surface area contributed by atoms with Crippen molar-refractivity contribution < 1.29 is 22.8 Å². The highest BCUT2D eigenvalue weighted by atomic mass is 35.5. The highest BCUT2D eigenvalue weighted by molar-refractivity contribution is 6.34. The van der Waals surface area contributed by atoms with Gasteiger partial charge in [0.1, 0.15) is 5.69 Å². The van der Waals surface area contributed by atoms with Gasteiger partial charge in [0, 0.05) is 50.8 Å². The van der Waals surface area contributed by atoms with Gasteiger partial charge < -0.3 is 26.2 Å². The van der Waals surface area contributed by atoms with Crippen LogP contribution in [0.2, 0.25) is 5.02 Å². The minimum atomic E-state index is -4.62. The molecule has 4 heterocycles. The van der Waals surface area contributed by atoms with Crippen molar-refractivity contribution in [2.75, 3.05) is 44.6 Å². The topological polar surface area (TPSA) is 150 Å². The maximum absolute atomic E-state index is 13.4. The summed E-state index contributed by atoms with van der Waals surface area (Å²) in [6, 6.07) is 4.60. The van der Waals surface area contributed by atoms with Gasteiger partial charge in [-0.2, -0.15) is 18.3 Å². The number of aromatic amines is 1. The average Bonchev–Trinajstić information content (AvgIpc) is 3.61. The van der Waals surface area contributed by atoms with Gasteiger partial charge >= 0.3 is 12.2 Å². The Morgan fingerprint density at radius 3 is 2.56 bits per heavy atom. The number of anilines is 2. The van der Waals surface area contributed by atoms with E-state index in [0.717, 1.165) is 6.20 Å². The van der Waals surface area contributed by atoms with Crippen LogP contribution in [0.15, 0.2) is 43.0 Å². The Bertz CT molecular complexity index is 1560. The number of rotatable bonds is 7. The molecule has 1 fully saturated rings. The smallest absolute Gasteiger partial charge is 0.338 e. The van der Waals surface area contributed by atoms with Gasteiger partial charge in [-0.15, -0.1) is 0 Å². The Kier molecular flexibility index (Phi) is 7.99. The summed E-state index contributed by atoms with van der Waals surface area (Å²) >= 11 is 6.48. The summed E-state index contributed by atoms with van der Waals surface area (Å²) in [7, 11) is 0. The van der Waals surface area contributed by atoms with Crippen molar-refractivity contribution in [3.63, 3.8) is 0 Å². The maximum atomic E-state index is 13.4. The zero-order chi connectivity index (χ0) is 29.1. The van der Waals surface area contributed by atoms with E-state index in [4.69, 9.17) is 17.3 Å². The molecule has 5 N–H and O–H groups in total. The van der Waals surface area contributed by atoms with Gasteiger partial charge in [0.2, 0.25) is 0 Å². The van der Waals surface area contributed by atoms with Gasteiger partial charge in [-0.3, -0.25) is 14.3 Å². The molecule has 1 aromatic carbocycles. The standard InChI is InChI=1S/C25H26ClF3N10O2/c26-18-12-15(2-3-16(18)23(40)37-8-10-38(11-9-37)24(41)32-5-1-4-30)35-21-22-33-14-19(39(22)7-6-31-21)17-13-34-36-20(17)25(27,28)29/h2-3,6-7,12-14H,1,4-5,8-11,30H2,(H,31,35)(H,32,41)(H,34,36). The van der Waals surface area contributed by atoms with E-state index in [2.05, 4.69) is 25.7 Å². The molecule has 4 aromatic rings. The van der Waals surface area contributed by atoms with Crippen LogP contribution in [0, 0.1) is 0 Å². The van der Waals surface area contributed by atoms with Crippen molar-refractivity contribution in [3.05, 3.63) is 59.3 Å². The molecule has 0 radical (unpaired) electrons. The number of amides is 3. The molecule has 5 rings (SSSR count). The minimum Gasteiger partial charge on any atom is -0.338 e. The Morgan fingerprint density at radius 1 is 1.10 bits per heavy atom. The molecular formula is C25H26ClF3N10O2. The lowest BCUT2D eigenvalue weighted by Gasteiger charge is -2.35. The normalized spacial score (nSPS) is 14.0. The number of benzene rings is 1. The molecule has 0 saturated carbocycles. The fourth-order valence-corrected chi connectivity index (χ4v) is 4.76. The number of nitrogens with zero attached hydrogens (tertiary/aromatic N) is 6. The summed E-state index contributed by atoms with van der Waals surface area (Å²) in [5.41, 5.74) is 5.57. The fourth-order valence-electron chi connectivity index (χ4n) is 4.50. The third kappa shape index (κ3) is 5.90. The zero-order valence-corrected chi connectivity index (χ0v) is 22.3. The van der Waals surface area contributed by atoms with Gasteiger partial charge in [0.25, 0.3) is 5.91 Å². The molecule has 216 valence electrons. The predicted octanol–water partition coefficient (Wildman–Crippen LogP) is 3.35. The SMILES string of the molecule is NCCCNC(=O)N1CCN(C(=O)c2ccc(Nc3nccn4c(-c5cn[nH]c5C(F)(F)F)cnc34)cc2Cl)CC1. The van der Waals surface area contributed by atoms with E-state index in [1.54, 1.807) is 28.0 Å². The van der Waals surface area contributed by atoms with Crippen molar-refractivity contribution in [3.8, 4) is 11.3 Å². The maximum Gasteiger partial charge on any atom is 0.433 e. The number of imidazole rings is 1. The molecule has 0 bridgehead atoms. The fraction of sp³-hybridized carbons (Fsp3) is 0.320. The van der Waals surface area contributed by atoms with Crippen LogP contribution >= 0.6 is 11.6 Å². The van der Waals surface area contributed by atoms with Crippen molar-refractivity contribution >= 4 is 40.7 Å². The van der Waals surface area contributed by atoms with E-state index in [-0.39, 0.29) is 39.7 Å². The number of nitrogens with one attached hydrogen (secondary N) is 3. The second kappa shape index (κ2) is 11.6.